The molecule has 1 aromatic heterocycles. The molecular weight excluding hydrogens is 317 g/mol. The molecule has 1 amide bonds. The zero-order valence-corrected chi connectivity index (χ0v) is 14.7. The van der Waals surface area contributed by atoms with Crippen LogP contribution in [0.2, 0.25) is 0 Å². The van der Waals surface area contributed by atoms with Gasteiger partial charge in [-0.15, -0.1) is 0 Å². The van der Waals surface area contributed by atoms with Gasteiger partial charge >= 0.3 is 0 Å². The van der Waals surface area contributed by atoms with E-state index in [1.54, 1.807) is 0 Å². The molecule has 132 valence electrons. The van der Waals surface area contributed by atoms with Crippen LogP contribution in [-0.2, 0) is 11.3 Å². The molecule has 2 aromatic rings. The lowest BCUT2D eigenvalue weighted by atomic mass is 9.97. The number of carbonyl (C=O) groups excluding carboxylic acids is 1. The topological polar surface area (TPSA) is 59.2 Å². The second kappa shape index (κ2) is 6.92. The number of hydrogen-bond acceptors (Lipinski definition) is 3. The maximum absolute atomic E-state index is 15.0. The number of hydrogen-bond donors (Lipinski definition) is 1. The van der Waals surface area contributed by atoms with Crippen molar-refractivity contribution in [2.75, 3.05) is 6.54 Å². The Kier molecular flexibility index (Phi) is 4.86. The molecule has 2 N–H and O–H groups in total. The Labute approximate surface area is 147 Å². The van der Waals surface area contributed by atoms with Crippen LogP contribution in [0.25, 0.3) is 11.1 Å². The molecule has 25 heavy (non-hydrogen) atoms. The zero-order valence-electron chi connectivity index (χ0n) is 14.7. The van der Waals surface area contributed by atoms with E-state index in [1.807, 2.05) is 36.5 Å². The minimum absolute atomic E-state index is 0.146. The normalized spacial score (nSPS) is 21.0. The molecule has 3 rings (SSSR count). The summed E-state index contributed by atoms with van der Waals surface area (Å²) in [5.41, 5.74) is 9.22. The SMILES string of the molecule is CC(C)c1cnc(CN2CCC[C@]2(F)C(N)=O)c(-c2ccccc2)c1. The van der Waals surface area contributed by atoms with Crippen LogP contribution in [0.4, 0.5) is 4.39 Å². The molecule has 5 heteroatoms. The molecule has 0 bridgehead atoms. The fraction of sp³-hybridized carbons (Fsp3) is 0.400. The van der Waals surface area contributed by atoms with E-state index in [4.69, 9.17) is 5.73 Å². The number of nitrogens with two attached hydrogens (primary N) is 1. The Morgan fingerprint density at radius 3 is 2.72 bits per heavy atom. The van der Waals surface area contributed by atoms with Gasteiger partial charge in [-0.1, -0.05) is 44.2 Å². The number of aromatic nitrogens is 1. The van der Waals surface area contributed by atoms with Gasteiger partial charge in [0.2, 0.25) is 5.79 Å². The van der Waals surface area contributed by atoms with Crippen molar-refractivity contribution >= 4 is 5.91 Å². The lowest BCUT2D eigenvalue weighted by Crippen LogP contribution is -2.50. The molecule has 0 saturated carbocycles. The predicted octanol–water partition coefficient (Wildman–Crippen LogP) is 3.62. The summed E-state index contributed by atoms with van der Waals surface area (Å²) >= 11 is 0. The highest BCUT2D eigenvalue weighted by atomic mass is 19.1. The smallest absolute Gasteiger partial charge is 0.270 e. The van der Waals surface area contributed by atoms with Gasteiger partial charge < -0.3 is 5.73 Å². The number of carbonyl (C=O) groups is 1. The van der Waals surface area contributed by atoms with E-state index in [-0.39, 0.29) is 13.0 Å². The average molecular weight is 341 g/mol. The second-order valence-corrected chi connectivity index (χ2v) is 6.93. The minimum atomic E-state index is -2.08. The van der Waals surface area contributed by atoms with Crippen LogP contribution in [0.3, 0.4) is 0 Å². The number of likely N-dealkylation sites (tertiary alicyclic amines) is 1. The van der Waals surface area contributed by atoms with Gasteiger partial charge in [0.1, 0.15) is 0 Å². The molecule has 0 unspecified atom stereocenters. The van der Waals surface area contributed by atoms with Gasteiger partial charge in [0, 0.05) is 31.3 Å². The molecule has 2 heterocycles. The maximum Gasteiger partial charge on any atom is 0.270 e. The summed E-state index contributed by atoms with van der Waals surface area (Å²) in [6.07, 6.45) is 2.60. The first-order valence-electron chi connectivity index (χ1n) is 8.70. The molecule has 1 aliphatic rings. The molecule has 1 aliphatic heterocycles. The van der Waals surface area contributed by atoms with Gasteiger partial charge in [-0.2, -0.15) is 0 Å². The molecule has 1 fully saturated rings. The number of rotatable bonds is 5. The summed E-state index contributed by atoms with van der Waals surface area (Å²) in [4.78, 5) is 17.7. The van der Waals surface area contributed by atoms with Gasteiger partial charge in [-0.05, 0) is 29.5 Å². The van der Waals surface area contributed by atoms with Crippen molar-refractivity contribution in [1.29, 1.82) is 0 Å². The largest absolute Gasteiger partial charge is 0.366 e. The third-order valence-corrected chi connectivity index (χ3v) is 4.90. The Morgan fingerprint density at radius 1 is 1.36 bits per heavy atom. The van der Waals surface area contributed by atoms with Crippen LogP contribution < -0.4 is 5.73 Å². The van der Waals surface area contributed by atoms with Gasteiger partial charge in [0.15, 0.2) is 0 Å². The fourth-order valence-electron chi connectivity index (χ4n) is 3.32. The number of benzene rings is 1. The Balaban J connectivity index is 2.00. The molecule has 1 aromatic carbocycles. The maximum atomic E-state index is 15.0. The van der Waals surface area contributed by atoms with E-state index in [1.165, 1.54) is 4.90 Å². The molecule has 1 saturated heterocycles. The van der Waals surface area contributed by atoms with Crippen LogP contribution in [0.15, 0.2) is 42.6 Å². The number of halogens is 1. The lowest BCUT2D eigenvalue weighted by Gasteiger charge is -2.28. The van der Waals surface area contributed by atoms with E-state index < -0.39 is 11.7 Å². The summed E-state index contributed by atoms with van der Waals surface area (Å²) in [6.45, 7) is 5.00. The van der Waals surface area contributed by atoms with E-state index in [0.717, 1.165) is 22.4 Å². The summed E-state index contributed by atoms with van der Waals surface area (Å²) in [5, 5.41) is 0. The van der Waals surface area contributed by atoms with Gasteiger partial charge in [-0.25, -0.2) is 4.39 Å². The van der Waals surface area contributed by atoms with Crippen molar-refractivity contribution in [2.24, 2.45) is 5.73 Å². The van der Waals surface area contributed by atoms with Crippen molar-refractivity contribution in [2.45, 2.75) is 44.9 Å². The first-order valence-corrected chi connectivity index (χ1v) is 8.70. The summed E-state index contributed by atoms with van der Waals surface area (Å²) < 4.78 is 15.0. The number of primary amides is 1. The zero-order chi connectivity index (χ0) is 18.0. The highest BCUT2D eigenvalue weighted by molar-refractivity contribution is 5.83. The monoisotopic (exact) mass is 341 g/mol. The quantitative estimate of drug-likeness (QED) is 0.845. The van der Waals surface area contributed by atoms with E-state index in [0.29, 0.717) is 18.9 Å². The first-order chi connectivity index (χ1) is 11.9. The van der Waals surface area contributed by atoms with Gasteiger partial charge in [0.25, 0.3) is 5.91 Å². The molecule has 0 aliphatic carbocycles. The van der Waals surface area contributed by atoms with Crippen LogP contribution in [0.1, 0.15) is 43.9 Å². The summed E-state index contributed by atoms with van der Waals surface area (Å²) in [7, 11) is 0. The minimum Gasteiger partial charge on any atom is -0.366 e. The van der Waals surface area contributed by atoms with Crippen LogP contribution in [-0.4, -0.2) is 28.1 Å². The Bertz CT molecular complexity index is 763. The summed E-state index contributed by atoms with van der Waals surface area (Å²) in [5.74, 6) is -2.64. The average Bonchev–Trinajstić information content (AvgIpc) is 2.98. The van der Waals surface area contributed by atoms with Gasteiger partial charge in [-0.3, -0.25) is 14.7 Å². The van der Waals surface area contributed by atoms with Crippen molar-refractivity contribution in [3.05, 3.63) is 53.9 Å². The second-order valence-electron chi connectivity index (χ2n) is 6.93. The Morgan fingerprint density at radius 2 is 2.08 bits per heavy atom. The molecule has 4 nitrogen and oxygen atoms in total. The van der Waals surface area contributed by atoms with Gasteiger partial charge in [0.05, 0.1) is 5.69 Å². The van der Waals surface area contributed by atoms with Crippen molar-refractivity contribution < 1.29 is 9.18 Å². The van der Waals surface area contributed by atoms with Crippen LogP contribution in [0.5, 0.6) is 0 Å². The van der Waals surface area contributed by atoms with Crippen LogP contribution in [0, 0.1) is 0 Å². The molecule has 1 atom stereocenters. The van der Waals surface area contributed by atoms with Crippen molar-refractivity contribution in [3.63, 3.8) is 0 Å². The standard InChI is InChI=1S/C20H24FN3O/c1-14(2)16-11-17(15-7-4-3-5-8-15)18(23-12-16)13-24-10-6-9-20(24,21)19(22)25/h3-5,7-8,11-12,14H,6,9-10,13H2,1-2H3,(H2,22,25)/t20-/m1/s1. The third kappa shape index (κ3) is 3.42. The number of pyridine rings is 1. The Hall–Kier alpha value is -2.27. The van der Waals surface area contributed by atoms with Crippen molar-refractivity contribution in [1.82, 2.24) is 9.88 Å². The summed E-state index contributed by atoms with van der Waals surface area (Å²) in [6, 6.07) is 12.1. The number of nitrogens with zero attached hydrogens (tertiary/aromatic N) is 2. The predicted molar refractivity (Wildman–Crippen MR) is 96.4 cm³/mol. The fourth-order valence-corrected chi connectivity index (χ4v) is 3.32. The van der Waals surface area contributed by atoms with E-state index >= 15 is 0 Å². The lowest BCUT2D eigenvalue weighted by molar-refractivity contribution is -0.140. The first kappa shape index (κ1) is 17.5. The van der Waals surface area contributed by atoms with Crippen molar-refractivity contribution in [3.8, 4) is 11.1 Å². The number of amides is 1. The highest BCUT2D eigenvalue weighted by Crippen LogP contribution is 2.34. The molecule has 0 spiro atoms. The third-order valence-electron chi connectivity index (χ3n) is 4.90. The molecular formula is C20H24FN3O. The number of alkyl halides is 1. The van der Waals surface area contributed by atoms with E-state index in [2.05, 4.69) is 24.9 Å². The molecule has 0 radical (unpaired) electrons. The van der Waals surface area contributed by atoms with Crippen LogP contribution >= 0.6 is 0 Å². The van der Waals surface area contributed by atoms with E-state index in [9.17, 15) is 9.18 Å². The highest BCUT2D eigenvalue weighted by Gasteiger charge is 2.46.